The van der Waals surface area contributed by atoms with E-state index >= 15 is 0 Å². The molecule has 0 radical (unpaired) electrons. The number of nitrogens with zero attached hydrogens (tertiary/aromatic N) is 2. The van der Waals surface area contributed by atoms with Crippen molar-refractivity contribution in [1.29, 1.82) is 0 Å². The first-order valence-corrected chi connectivity index (χ1v) is 11.5. The zero-order chi connectivity index (χ0) is 20.7. The smallest absolute Gasteiger partial charge is 0.237 e. The summed E-state index contributed by atoms with van der Waals surface area (Å²) in [7, 11) is -3.42. The summed E-state index contributed by atoms with van der Waals surface area (Å²) >= 11 is 0. The zero-order valence-corrected chi connectivity index (χ0v) is 20.1. The Labute approximate surface area is 195 Å². The Bertz CT molecular complexity index is 952. The summed E-state index contributed by atoms with van der Waals surface area (Å²) in [4.78, 5) is 4.40. The van der Waals surface area contributed by atoms with E-state index in [9.17, 15) is 12.8 Å². The minimum Gasteiger partial charge on any atom is -0.357 e. The number of halogens is 2. The minimum absolute atomic E-state index is 0. The van der Waals surface area contributed by atoms with Gasteiger partial charge in [0.1, 0.15) is 5.82 Å². The molecule has 1 aliphatic heterocycles. The van der Waals surface area contributed by atoms with Gasteiger partial charge in [-0.15, -0.1) is 24.0 Å². The quantitative estimate of drug-likeness (QED) is 0.304. The second-order valence-electron chi connectivity index (χ2n) is 6.83. The molecule has 0 amide bonds. The van der Waals surface area contributed by atoms with Crippen LogP contribution in [0.4, 0.5) is 10.1 Å². The Morgan fingerprint density at radius 1 is 1.13 bits per heavy atom. The molecule has 0 unspecified atom stereocenters. The van der Waals surface area contributed by atoms with Gasteiger partial charge in [0.25, 0.3) is 0 Å². The average Bonchev–Trinajstić information content (AvgIpc) is 3.14. The van der Waals surface area contributed by atoms with Gasteiger partial charge >= 0.3 is 0 Å². The van der Waals surface area contributed by atoms with Gasteiger partial charge < -0.3 is 10.6 Å². The third kappa shape index (κ3) is 6.56. The van der Waals surface area contributed by atoms with Crippen molar-refractivity contribution in [2.75, 3.05) is 36.2 Å². The van der Waals surface area contributed by atoms with Gasteiger partial charge in [-0.3, -0.25) is 9.30 Å². The molecule has 0 saturated carbocycles. The van der Waals surface area contributed by atoms with Crippen molar-refractivity contribution in [1.82, 2.24) is 10.6 Å². The highest BCUT2D eigenvalue weighted by molar-refractivity contribution is 14.0. The summed E-state index contributed by atoms with van der Waals surface area (Å²) in [6, 6.07) is 14.0. The molecule has 0 fully saturated rings. The molecule has 2 N–H and O–H groups in total. The second kappa shape index (κ2) is 11.5. The van der Waals surface area contributed by atoms with Crippen LogP contribution in [0, 0.1) is 5.82 Å². The lowest BCUT2D eigenvalue weighted by atomic mass is 10.1. The summed E-state index contributed by atoms with van der Waals surface area (Å²) in [6.07, 6.45) is 1.46. The summed E-state index contributed by atoms with van der Waals surface area (Å²) in [6.45, 7) is 3.90. The van der Waals surface area contributed by atoms with Gasteiger partial charge in [0.15, 0.2) is 5.96 Å². The molecule has 6 nitrogen and oxygen atoms in total. The fourth-order valence-corrected chi connectivity index (χ4v) is 4.69. The number of hydrogen-bond acceptors (Lipinski definition) is 3. The summed E-state index contributed by atoms with van der Waals surface area (Å²) in [5, 5.41) is 6.31. The highest BCUT2D eigenvalue weighted by atomic mass is 127. The predicted octanol–water partition coefficient (Wildman–Crippen LogP) is 2.93. The van der Waals surface area contributed by atoms with E-state index in [2.05, 4.69) is 15.6 Å². The van der Waals surface area contributed by atoms with Crippen molar-refractivity contribution >= 4 is 45.6 Å². The number of para-hydroxylation sites is 1. The first-order chi connectivity index (χ1) is 14.0. The largest absolute Gasteiger partial charge is 0.357 e. The van der Waals surface area contributed by atoms with Gasteiger partial charge in [-0.1, -0.05) is 30.3 Å². The first-order valence-electron chi connectivity index (χ1n) is 9.84. The van der Waals surface area contributed by atoms with E-state index in [1.165, 1.54) is 16.4 Å². The highest BCUT2D eigenvalue weighted by Crippen LogP contribution is 2.29. The standard InChI is InChI=1S/C21H27FN4O2S.HI/c1-2-23-21(24-13-11-17-7-9-19(22)10-8-17)25-14-16-29(27,28)26-15-12-18-5-3-4-6-20(18)26;/h3-10H,2,11-16H2,1H3,(H2,23,24,25);1H. The summed E-state index contributed by atoms with van der Waals surface area (Å²) < 4.78 is 40.0. The molecule has 0 aliphatic carbocycles. The van der Waals surface area contributed by atoms with E-state index in [0.717, 1.165) is 23.2 Å². The highest BCUT2D eigenvalue weighted by Gasteiger charge is 2.28. The first kappa shape index (κ1) is 24.4. The molecule has 164 valence electrons. The van der Waals surface area contributed by atoms with Crippen LogP contribution in [0.1, 0.15) is 18.1 Å². The van der Waals surface area contributed by atoms with Crippen molar-refractivity contribution in [3.05, 3.63) is 65.5 Å². The Kier molecular flexibility index (Phi) is 9.35. The van der Waals surface area contributed by atoms with E-state index in [0.29, 0.717) is 32.0 Å². The van der Waals surface area contributed by atoms with Gasteiger partial charge in [0, 0.05) is 19.6 Å². The zero-order valence-electron chi connectivity index (χ0n) is 17.0. The van der Waals surface area contributed by atoms with Crippen LogP contribution in [-0.4, -0.2) is 46.3 Å². The number of aliphatic imine (C=N–C) groups is 1. The Balaban J connectivity index is 0.00000320. The Hall–Kier alpha value is -1.88. The number of nitrogens with one attached hydrogen (secondary N) is 2. The van der Waals surface area contributed by atoms with Crippen molar-refractivity contribution in [2.24, 2.45) is 4.99 Å². The molecule has 0 atom stereocenters. The number of benzene rings is 2. The number of hydrogen-bond donors (Lipinski definition) is 2. The average molecular weight is 546 g/mol. The lowest BCUT2D eigenvalue weighted by Crippen LogP contribution is -2.39. The molecule has 0 aromatic heterocycles. The minimum atomic E-state index is -3.42. The van der Waals surface area contributed by atoms with Gasteiger partial charge in [0.2, 0.25) is 10.0 Å². The fraction of sp³-hybridized carbons (Fsp3) is 0.381. The van der Waals surface area contributed by atoms with Crippen LogP contribution in [0.3, 0.4) is 0 Å². The molecule has 9 heteroatoms. The maximum atomic E-state index is 13.0. The Morgan fingerprint density at radius 2 is 1.87 bits per heavy atom. The van der Waals surface area contributed by atoms with E-state index in [4.69, 9.17) is 0 Å². The monoisotopic (exact) mass is 546 g/mol. The molecule has 2 aromatic carbocycles. The molecular weight excluding hydrogens is 518 g/mol. The maximum Gasteiger partial charge on any atom is 0.237 e. The molecule has 0 spiro atoms. The third-order valence-electron chi connectivity index (χ3n) is 4.76. The van der Waals surface area contributed by atoms with Gasteiger partial charge in [-0.25, -0.2) is 12.8 Å². The predicted molar refractivity (Wildman–Crippen MR) is 131 cm³/mol. The SMILES string of the molecule is CCNC(=NCCS(=O)(=O)N1CCc2ccccc21)NCCc1ccc(F)cc1.I. The van der Waals surface area contributed by atoms with Crippen LogP contribution < -0.4 is 14.9 Å². The van der Waals surface area contributed by atoms with E-state index in [1.54, 1.807) is 12.1 Å². The number of guanidine groups is 1. The number of sulfonamides is 1. The molecule has 30 heavy (non-hydrogen) atoms. The van der Waals surface area contributed by atoms with Crippen LogP contribution in [0.2, 0.25) is 0 Å². The van der Waals surface area contributed by atoms with Crippen LogP contribution in [-0.2, 0) is 22.9 Å². The van der Waals surface area contributed by atoms with Gasteiger partial charge in [-0.05, 0) is 49.1 Å². The topological polar surface area (TPSA) is 73.8 Å². The summed E-state index contributed by atoms with van der Waals surface area (Å²) in [5.74, 6) is 0.278. The lowest BCUT2D eigenvalue weighted by Gasteiger charge is -2.19. The van der Waals surface area contributed by atoms with Crippen LogP contribution in [0.15, 0.2) is 53.5 Å². The number of anilines is 1. The molecule has 0 bridgehead atoms. The molecule has 1 heterocycles. The molecule has 0 saturated heterocycles. The van der Waals surface area contributed by atoms with Crippen molar-refractivity contribution in [3.63, 3.8) is 0 Å². The van der Waals surface area contributed by atoms with Crippen molar-refractivity contribution < 1.29 is 12.8 Å². The number of rotatable bonds is 8. The third-order valence-corrected chi connectivity index (χ3v) is 6.51. The molecule has 1 aliphatic rings. The van der Waals surface area contributed by atoms with Crippen LogP contribution in [0.25, 0.3) is 0 Å². The fourth-order valence-electron chi connectivity index (χ4n) is 3.30. The number of fused-ring (bicyclic) bond motifs is 1. The maximum absolute atomic E-state index is 13.0. The van der Waals surface area contributed by atoms with Crippen LogP contribution >= 0.6 is 24.0 Å². The normalized spacial score (nSPS) is 13.5. The molecule has 2 aromatic rings. The van der Waals surface area contributed by atoms with Gasteiger partial charge in [0.05, 0.1) is 18.0 Å². The molecular formula is C21H28FIN4O2S. The molecule has 3 rings (SSSR count). The Morgan fingerprint density at radius 3 is 2.60 bits per heavy atom. The van der Waals surface area contributed by atoms with Crippen molar-refractivity contribution in [2.45, 2.75) is 19.8 Å². The summed E-state index contributed by atoms with van der Waals surface area (Å²) in [5.41, 5.74) is 2.86. The van der Waals surface area contributed by atoms with Gasteiger partial charge in [-0.2, -0.15) is 0 Å². The lowest BCUT2D eigenvalue weighted by molar-refractivity contribution is 0.592. The van der Waals surface area contributed by atoms with E-state index in [1.807, 2.05) is 31.2 Å². The van der Waals surface area contributed by atoms with Crippen molar-refractivity contribution in [3.8, 4) is 0 Å². The van der Waals surface area contributed by atoms with E-state index in [-0.39, 0.29) is 42.1 Å². The van der Waals surface area contributed by atoms with Crippen LogP contribution in [0.5, 0.6) is 0 Å². The second-order valence-corrected chi connectivity index (χ2v) is 8.84. The van der Waals surface area contributed by atoms with E-state index < -0.39 is 10.0 Å².